The van der Waals surface area contributed by atoms with Crippen molar-refractivity contribution in [3.05, 3.63) is 100 Å². The molecule has 0 spiro atoms. The molecule has 1 aliphatic rings. The average molecular weight is 625 g/mol. The van der Waals surface area contributed by atoms with Crippen LogP contribution in [0.4, 0.5) is 11.6 Å². The first-order valence-corrected chi connectivity index (χ1v) is 16.1. The van der Waals surface area contributed by atoms with Crippen LogP contribution in [0.5, 0.6) is 5.75 Å². The summed E-state index contributed by atoms with van der Waals surface area (Å²) in [4.78, 5) is 29.7. The number of nitrogens with zero attached hydrogens (tertiary/aromatic N) is 4. The van der Waals surface area contributed by atoms with Crippen LogP contribution in [0.3, 0.4) is 0 Å². The van der Waals surface area contributed by atoms with Crippen molar-refractivity contribution in [3.63, 3.8) is 0 Å². The normalized spacial score (nSPS) is 12.2. The Kier molecular flexibility index (Phi) is 11.2. The number of para-hydroxylation sites is 1. The number of halogens is 1. The zero-order valence-electron chi connectivity index (χ0n) is 26.3. The van der Waals surface area contributed by atoms with Crippen molar-refractivity contribution >= 4 is 34.9 Å². The minimum absolute atomic E-state index is 0.0699. The van der Waals surface area contributed by atoms with Crippen LogP contribution in [-0.2, 0) is 6.54 Å². The molecule has 1 aromatic heterocycles. The average Bonchev–Trinajstić information content (AvgIpc) is 3.21. The lowest BCUT2D eigenvalue weighted by molar-refractivity contribution is 0.0951. The Bertz CT molecular complexity index is 1640. The highest BCUT2D eigenvalue weighted by Crippen LogP contribution is 2.35. The topological polar surface area (TPSA) is 91.7 Å². The lowest BCUT2D eigenvalue weighted by atomic mass is 9.95. The monoisotopic (exact) mass is 624 g/mol. The zero-order chi connectivity index (χ0) is 31.6. The smallest absolute Gasteiger partial charge is 0.251 e. The van der Waals surface area contributed by atoms with Gasteiger partial charge in [-0.3, -0.25) is 9.79 Å². The SMILES string of the molecule is CCCCN(CCC)CCCNC(=O)c1ccc(Nc2ncc3c(n2)-c2ccc(Cl)cc2C(c2ccccc2OC)=NC3)cc1. The molecule has 1 amide bonds. The third kappa shape index (κ3) is 8.07. The summed E-state index contributed by atoms with van der Waals surface area (Å²) in [6.07, 6.45) is 6.30. The predicted molar refractivity (Wildman–Crippen MR) is 183 cm³/mol. The Labute approximate surface area is 270 Å². The second-order valence-electron chi connectivity index (χ2n) is 11.1. The van der Waals surface area contributed by atoms with Crippen molar-refractivity contribution in [1.82, 2.24) is 20.2 Å². The van der Waals surface area contributed by atoms with E-state index in [0.29, 0.717) is 29.6 Å². The van der Waals surface area contributed by atoms with Crippen LogP contribution in [0.1, 0.15) is 66.6 Å². The molecule has 0 bridgehead atoms. The molecule has 9 heteroatoms. The van der Waals surface area contributed by atoms with Gasteiger partial charge in [0.1, 0.15) is 5.75 Å². The van der Waals surface area contributed by atoms with Gasteiger partial charge in [0.2, 0.25) is 5.95 Å². The van der Waals surface area contributed by atoms with E-state index in [0.717, 1.165) is 77.6 Å². The number of amides is 1. The summed E-state index contributed by atoms with van der Waals surface area (Å²) in [5, 5.41) is 6.97. The van der Waals surface area contributed by atoms with E-state index in [2.05, 4.69) is 34.4 Å². The molecule has 4 aromatic rings. The van der Waals surface area contributed by atoms with Gasteiger partial charge in [-0.15, -0.1) is 0 Å². The highest BCUT2D eigenvalue weighted by molar-refractivity contribution is 6.31. The van der Waals surface area contributed by atoms with Crippen LogP contribution in [0, 0.1) is 0 Å². The number of methoxy groups -OCH3 is 1. The number of carbonyl (C=O) groups is 1. The first-order valence-electron chi connectivity index (χ1n) is 15.7. The molecule has 0 fully saturated rings. The van der Waals surface area contributed by atoms with Crippen molar-refractivity contribution in [3.8, 4) is 17.0 Å². The fourth-order valence-corrected chi connectivity index (χ4v) is 5.70. The molecule has 2 N–H and O–H groups in total. The molecule has 0 unspecified atom stereocenters. The largest absolute Gasteiger partial charge is 0.496 e. The van der Waals surface area contributed by atoms with E-state index >= 15 is 0 Å². The number of benzene rings is 3. The number of anilines is 2. The number of aromatic nitrogens is 2. The van der Waals surface area contributed by atoms with E-state index in [1.807, 2.05) is 72.9 Å². The van der Waals surface area contributed by atoms with Gasteiger partial charge in [0, 0.05) is 51.3 Å². The number of ether oxygens (including phenoxy) is 1. The van der Waals surface area contributed by atoms with E-state index in [1.165, 1.54) is 12.8 Å². The van der Waals surface area contributed by atoms with Gasteiger partial charge in [-0.25, -0.2) is 9.97 Å². The summed E-state index contributed by atoms with van der Waals surface area (Å²) >= 11 is 6.47. The Morgan fingerprint density at radius 2 is 1.73 bits per heavy atom. The first-order chi connectivity index (χ1) is 22.0. The number of carbonyl (C=O) groups excluding carboxylic acids is 1. The number of hydrogen-bond donors (Lipinski definition) is 2. The number of nitrogens with one attached hydrogen (secondary N) is 2. The summed E-state index contributed by atoms with van der Waals surface area (Å²) in [7, 11) is 1.66. The van der Waals surface area contributed by atoms with Crippen molar-refractivity contribution in [2.75, 3.05) is 38.6 Å². The van der Waals surface area contributed by atoms with Crippen LogP contribution in [0.2, 0.25) is 5.02 Å². The minimum Gasteiger partial charge on any atom is -0.496 e. The Morgan fingerprint density at radius 1 is 0.933 bits per heavy atom. The fraction of sp³-hybridized carbons (Fsp3) is 0.333. The Morgan fingerprint density at radius 3 is 2.51 bits per heavy atom. The summed E-state index contributed by atoms with van der Waals surface area (Å²) in [6.45, 7) is 8.73. The maximum Gasteiger partial charge on any atom is 0.251 e. The van der Waals surface area contributed by atoms with Gasteiger partial charge in [-0.1, -0.05) is 50.1 Å². The summed E-state index contributed by atoms with van der Waals surface area (Å²) < 4.78 is 5.64. The van der Waals surface area contributed by atoms with Crippen molar-refractivity contribution in [2.45, 2.75) is 46.1 Å². The molecule has 0 saturated heterocycles. The maximum atomic E-state index is 12.8. The summed E-state index contributed by atoms with van der Waals surface area (Å²) in [5.41, 5.74) is 6.57. The molecule has 1 aliphatic heterocycles. The molecule has 0 atom stereocenters. The standard InChI is InChI=1S/C36H41ClN6O2/c1-4-6-20-43(19-5-2)21-9-18-38-35(44)25-12-15-28(16-13-25)41-36-40-24-26-23-39-34(30-10-7-8-11-32(30)45-3)31-22-27(37)14-17-29(31)33(26)42-36/h7-8,10-17,22,24H,4-6,9,18-21,23H2,1-3H3,(H,38,44)(H,40,41,42). The van der Waals surface area contributed by atoms with Crippen molar-refractivity contribution in [2.24, 2.45) is 4.99 Å². The van der Waals surface area contributed by atoms with Gasteiger partial charge in [0.15, 0.2) is 0 Å². The van der Waals surface area contributed by atoms with E-state index in [1.54, 1.807) is 7.11 Å². The third-order valence-electron chi connectivity index (χ3n) is 7.83. The third-order valence-corrected chi connectivity index (χ3v) is 8.07. The van der Waals surface area contributed by atoms with Gasteiger partial charge in [-0.05, 0) is 87.4 Å². The van der Waals surface area contributed by atoms with E-state index in [4.69, 9.17) is 26.3 Å². The van der Waals surface area contributed by atoms with Gasteiger partial charge in [0.05, 0.1) is 25.1 Å². The second-order valence-corrected chi connectivity index (χ2v) is 11.6. The number of rotatable bonds is 14. The minimum atomic E-state index is -0.0699. The van der Waals surface area contributed by atoms with Crippen LogP contribution in [-0.4, -0.2) is 59.8 Å². The number of fused-ring (bicyclic) bond motifs is 3. The summed E-state index contributed by atoms with van der Waals surface area (Å²) in [6, 6.07) is 21.0. The Balaban J connectivity index is 1.27. The molecule has 3 aromatic carbocycles. The molecule has 0 aliphatic carbocycles. The molecule has 234 valence electrons. The van der Waals surface area contributed by atoms with E-state index in [-0.39, 0.29) is 5.91 Å². The second kappa shape index (κ2) is 15.6. The molecular formula is C36H41ClN6O2. The molecule has 0 radical (unpaired) electrons. The maximum absolute atomic E-state index is 12.8. The molecule has 5 rings (SSSR count). The van der Waals surface area contributed by atoms with Gasteiger partial charge < -0.3 is 20.3 Å². The zero-order valence-corrected chi connectivity index (χ0v) is 27.0. The van der Waals surface area contributed by atoms with E-state index < -0.39 is 0 Å². The van der Waals surface area contributed by atoms with Crippen LogP contribution >= 0.6 is 11.6 Å². The summed E-state index contributed by atoms with van der Waals surface area (Å²) in [5.74, 6) is 1.12. The highest BCUT2D eigenvalue weighted by atomic mass is 35.5. The van der Waals surface area contributed by atoms with Crippen molar-refractivity contribution < 1.29 is 9.53 Å². The predicted octanol–water partition coefficient (Wildman–Crippen LogP) is 7.53. The van der Waals surface area contributed by atoms with Crippen LogP contribution in [0.25, 0.3) is 11.3 Å². The van der Waals surface area contributed by atoms with E-state index in [9.17, 15) is 4.79 Å². The highest BCUT2D eigenvalue weighted by Gasteiger charge is 2.23. The number of hydrogen-bond acceptors (Lipinski definition) is 7. The molecular weight excluding hydrogens is 584 g/mol. The molecule has 45 heavy (non-hydrogen) atoms. The number of aliphatic imine (C=N–C) groups is 1. The lowest BCUT2D eigenvalue weighted by Crippen LogP contribution is -2.31. The Hall–Kier alpha value is -4.27. The van der Waals surface area contributed by atoms with Crippen LogP contribution < -0.4 is 15.4 Å². The first kappa shape index (κ1) is 32.1. The fourth-order valence-electron chi connectivity index (χ4n) is 5.53. The van der Waals surface area contributed by atoms with Gasteiger partial charge in [-0.2, -0.15) is 0 Å². The van der Waals surface area contributed by atoms with Gasteiger partial charge >= 0.3 is 0 Å². The van der Waals surface area contributed by atoms with Crippen molar-refractivity contribution in [1.29, 1.82) is 0 Å². The quantitative estimate of drug-likeness (QED) is 0.141. The number of unbranched alkanes of at least 4 members (excludes halogenated alkanes) is 1. The molecule has 0 saturated carbocycles. The molecule has 2 heterocycles. The van der Waals surface area contributed by atoms with Crippen LogP contribution in [0.15, 0.2) is 77.9 Å². The lowest BCUT2D eigenvalue weighted by Gasteiger charge is -2.21. The van der Waals surface area contributed by atoms with Gasteiger partial charge in [0.25, 0.3) is 5.91 Å². The molecule has 8 nitrogen and oxygen atoms in total.